The zero-order valence-corrected chi connectivity index (χ0v) is 6.51. The average molecular weight is 165 g/mol. The van der Waals surface area contributed by atoms with Crippen LogP contribution < -0.4 is 5.73 Å². The van der Waals surface area contributed by atoms with Crippen LogP contribution in [0.5, 0.6) is 0 Å². The monoisotopic (exact) mass is 165 g/mol. The molecule has 4 nitrogen and oxygen atoms in total. The number of aliphatic hydroxyl groups is 1. The van der Waals surface area contributed by atoms with Crippen molar-refractivity contribution in [1.29, 1.82) is 0 Å². The number of nitrogens with two attached hydrogens (primary N) is 1. The Bertz CT molecular complexity index is 139. The molecule has 0 radical (unpaired) electrons. The zero-order valence-electron chi connectivity index (χ0n) is 5.61. The van der Waals surface area contributed by atoms with Crippen molar-refractivity contribution in [3.8, 4) is 0 Å². The number of carbonyl (C=O) groups is 1. The van der Waals surface area contributed by atoms with Gasteiger partial charge in [-0.1, -0.05) is 0 Å². The maximum atomic E-state index is 10.4. The lowest BCUT2D eigenvalue weighted by molar-refractivity contribution is -0.146. The number of carboxylic acids is 1. The number of hydrogen-bond acceptors (Lipinski definition) is 4. The van der Waals surface area contributed by atoms with Crippen LogP contribution in [0.1, 0.15) is 6.92 Å². The predicted molar refractivity (Wildman–Crippen MR) is 40.1 cm³/mol. The van der Waals surface area contributed by atoms with Crippen LogP contribution >= 0.6 is 12.6 Å². The number of rotatable bonds is 3. The van der Waals surface area contributed by atoms with Gasteiger partial charge in [0.1, 0.15) is 5.54 Å². The van der Waals surface area contributed by atoms with Crippen LogP contribution in [0.3, 0.4) is 0 Å². The molecule has 0 aliphatic carbocycles. The summed E-state index contributed by atoms with van der Waals surface area (Å²) in [7, 11) is 0. The largest absolute Gasteiger partial charge is 0.480 e. The smallest absolute Gasteiger partial charge is 0.327 e. The van der Waals surface area contributed by atoms with Crippen molar-refractivity contribution in [2.75, 3.05) is 5.75 Å². The van der Waals surface area contributed by atoms with E-state index in [2.05, 4.69) is 12.6 Å². The van der Waals surface area contributed by atoms with Gasteiger partial charge in [-0.25, -0.2) is 0 Å². The second-order valence-electron chi connectivity index (χ2n) is 2.18. The summed E-state index contributed by atoms with van der Waals surface area (Å²) >= 11 is 3.71. The summed E-state index contributed by atoms with van der Waals surface area (Å²) in [5.41, 5.74) is 3.64. The molecule has 0 aliphatic heterocycles. The Kier molecular flexibility index (Phi) is 3.14. The molecular formula is C5H11NO3S. The van der Waals surface area contributed by atoms with Gasteiger partial charge in [-0.2, -0.15) is 12.6 Å². The van der Waals surface area contributed by atoms with Gasteiger partial charge in [-0.3, -0.25) is 4.79 Å². The van der Waals surface area contributed by atoms with Gasteiger partial charge in [0.25, 0.3) is 0 Å². The molecule has 0 rings (SSSR count). The average Bonchev–Trinajstić information content (AvgIpc) is 1.85. The third-order valence-electron chi connectivity index (χ3n) is 1.41. The third-order valence-corrected chi connectivity index (χ3v) is 1.93. The molecule has 0 saturated carbocycles. The van der Waals surface area contributed by atoms with Gasteiger partial charge in [0.15, 0.2) is 0 Å². The van der Waals surface area contributed by atoms with Crippen LogP contribution in [0.25, 0.3) is 0 Å². The quantitative estimate of drug-likeness (QED) is 0.407. The Morgan fingerprint density at radius 1 is 1.90 bits per heavy atom. The normalized spacial score (nSPS) is 19.6. The molecule has 0 aromatic carbocycles. The fourth-order valence-electron chi connectivity index (χ4n) is 0.378. The lowest BCUT2D eigenvalue weighted by atomic mass is 9.98. The molecule has 0 aromatic rings. The molecule has 0 heterocycles. The van der Waals surface area contributed by atoms with E-state index >= 15 is 0 Å². The summed E-state index contributed by atoms with van der Waals surface area (Å²) in [4.78, 5) is 10.4. The van der Waals surface area contributed by atoms with Crippen molar-refractivity contribution in [2.45, 2.75) is 18.6 Å². The first-order valence-corrected chi connectivity index (χ1v) is 3.39. The van der Waals surface area contributed by atoms with E-state index in [1.165, 1.54) is 6.92 Å². The summed E-state index contributed by atoms with van der Waals surface area (Å²) in [5.74, 6) is -1.32. The third kappa shape index (κ3) is 1.62. The topological polar surface area (TPSA) is 83.5 Å². The van der Waals surface area contributed by atoms with Gasteiger partial charge in [0.2, 0.25) is 0 Å². The summed E-state index contributed by atoms with van der Waals surface area (Å²) in [5, 5.41) is 17.4. The Hall–Kier alpha value is -0.260. The lowest BCUT2D eigenvalue weighted by Crippen LogP contribution is -2.57. The van der Waals surface area contributed by atoms with Gasteiger partial charge < -0.3 is 15.9 Å². The van der Waals surface area contributed by atoms with Crippen LogP contribution in [0.4, 0.5) is 0 Å². The molecule has 2 unspecified atom stereocenters. The Morgan fingerprint density at radius 3 is 2.30 bits per heavy atom. The second-order valence-corrected chi connectivity index (χ2v) is 2.50. The molecule has 4 N–H and O–H groups in total. The predicted octanol–water partition coefficient (Wildman–Crippen LogP) is -0.921. The molecule has 10 heavy (non-hydrogen) atoms. The Morgan fingerprint density at radius 2 is 2.30 bits per heavy atom. The Balaban J connectivity index is 4.38. The van der Waals surface area contributed by atoms with E-state index in [0.717, 1.165) is 0 Å². The summed E-state index contributed by atoms with van der Waals surface area (Å²) < 4.78 is 0. The fourth-order valence-corrected chi connectivity index (χ4v) is 0.778. The van der Waals surface area contributed by atoms with Crippen LogP contribution in [0, 0.1) is 0 Å². The van der Waals surface area contributed by atoms with Crippen molar-refractivity contribution in [3.63, 3.8) is 0 Å². The number of carboxylic acid groups (broad SMARTS) is 1. The molecule has 0 fully saturated rings. The fraction of sp³-hybridized carbons (Fsp3) is 0.800. The van der Waals surface area contributed by atoms with E-state index in [0.29, 0.717) is 0 Å². The highest BCUT2D eigenvalue weighted by molar-refractivity contribution is 7.80. The first-order valence-electron chi connectivity index (χ1n) is 2.76. The minimum atomic E-state index is -1.62. The van der Waals surface area contributed by atoms with Gasteiger partial charge in [-0.05, 0) is 6.92 Å². The molecule has 0 aliphatic rings. The molecular weight excluding hydrogens is 154 g/mol. The number of aliphatic carboxylic acids is 1. The Labute approximate surface area is 64.4 Å². The van der Waals surface area contributed by atoms with E-state index in [1.807, 2.05) is 0 Å². The number of aliphatic hydroxyl groups excluding tert-OH is 1. The van der Waals surface area contributed by atoms with Crippen molar-refractivity contribution in [3.05, 3.63) is 0 Å². The highest BCUT2D eigenvalue weighted by atomic mass is 32.1. The highest BCUT2D eigenvalue weighted by Gasteiger charge is 2.37. The first-order chi connectivity index (χ1) is 4.45. The van der Waals surface area contributed by atoms with Gasteiger partial charge in [0, 0.05) is 5.75 Å². The standard InChI is InChI=1S/C5H11NO3S/c1-3(7)5(6,2-10)4(8)9/h3,7,10H,2,6H2,1H3,(H,8,9). The maximum Gasteiger partial charge on any atom is 0.327 e. The molecule has 0 bridgehead atoms. The highest BCUT2D eigenvalue weighted by Crippen LogP contribution is 2.08. The van der Waals surface area contributed by atoms with Gasteiger partial charge in [0.05, 0.1) is 6.10 Å². The minimum Gasteiger partial charge on any atom is -0.480 e. The van der Waals surface area contributed by atoms with Crippen molar-refractivity contribution >= 4 is 18.6 Å². The molecule has 0 spiro atoms. The molecule has 0 aromatic heterocycles. The maximum absolute atomic E-state index is 10.4. The number of thiol groups is 1. The molecule has 0 amide bonds. The lowest BCUT2D eigenvalue weighted by Gasteiger charge is -2.25. The first kappa shape index (κ1) is 9.74. The van der Waals surface area contributed by atoms with E-state index in [9.17, 15) is 4.79 Å². The van der Waals surface area contributed by atoms with Crippen molar-refractivity contribution in [1.82, 2.24) is 0 Å². The zero-order chi connectivity index (χ0) is 8.36. The van der Waals surface area contributed by atoms with Crippen LogP contribution in [0.15, 0.2) is 0 Å². The molecule has 60 valence electrons. The van der Waals surface area contributed by atoms with Crippen LogP contribution in [-0.2, 0) is 4.79 Å². The summed E-state index contributed by atoms with van der Waals surface area (Å²) in [6, 6.07) is 0. The molecule has 0 saturated heterocycles. The minimum absolute atomic E-state index is 0.0833. The van der Waals surface area contributed by atoms with E-state index in [-0.39, 0.29) is 5.75 Å². The SMILES string of the molecule is CC(O)C(N)(CS)C(=O)O. The molecule has 2 atom stereocenters. The molecule has 5 heteroatoms. The van der Waals surface area contributed by atoms with Crippen molar-refractivity contribution < 1.29 is 15.0 Å². The van der Waals surface area contributed by atoms with Crippen LogP contribution in [0.2, 0.25) is 0 Å². The van der Waals surface area contributed by atoms with E-state index in [1.54, 1.807) is 0 Å². The van der Waals surface area contributed by atoms with Crippen LogP contribution in [-0.4, -0.2) is 33.6 Å². The number of hydrogen-bond donors (Lipinski definition) is 4. The van der Waals surface area contributed by atoms with Gasteiger partial charge >= 0.3 is 5.97 Å². The second kappa shape index (κ2) is 3.23. The van der Waals surface area contributed by atoms with Crippen molar-refractivity contribution in [2.24, 2.45) is 5.73 Å². The summed E-state index contributed by atoms with van der Waals surface area (Å²) in [6.45, 7) is 1.32. The summed E-state index contributed by atoms with van der Waals surface area (Å²) in [6.07, 6.45) is -1.09. The van der Waals surface area contributed by atoms with E-state index in [4.69, 9.17) is 15.9 Å². The van der Waals surface area contributed by atoms with E-state index < -0.39 is 17.6 Å². The van der Waals surface area contributed by atoms with Gasteiger partial charge in [-0.15, -0.1) is 0 Å².